The van der Waals surface area contributed by atoms with Crippen LogP contribution in [0.25, 0.3) is 12.2 Å². The molecule has 0 N–H and O–H groups in total. The minimum absolute atomic E-state index is 0.0810. The minimum Gasteiger partial charge on any atom is -0.497 e. The molecule has 1 heterocycles. The molecule has 1 fully saturated rings. The first kappa shape index (κ1) is 29.1. The predicted octanol–water partition coefficient (Wildman–Crippen LogP) is 4.62. The van der Waals surface area contributed by atoms with E-state index in [4.69, 9.17) is 18.9 Å². The number of hydrogen-bond donors (Lipinski definition) is 0. The number of allylic oxidation sites excluding steroid dienone is 4. The second-order valence-electron chi connectivity index (χ2n) is 8.66. The topological polar surface area (TPSA) is 77.5 Å². The molecule has 0 unspecified atom stereocenters. The Labute approximate surface area is 230 Å². The molecule has 0 aromatic heterocycles. The fourth-order valence-electron chi connectivity index (χ4n) is 4.08. The Morgan fingerprint density at radius 3 is 1.44 bits per heavy atom. The van der Waals surface area contributed by atoms with E-state index in [1.165, 1.54) is 0 Å². The summed E-state index contributed by atoms with van der Waals surface area (Å²) in [7, 11) is 6.42. The lowest BCUT2D eigenvalue weighted by atomic mass is 10.1. The van der Waals surface area contributed by atoms with E-state index in [9.17, 15) is 9.59 Å². The van der Waals surface area contributed by atoms with Gasteiger partial charge in [0.2, 0.25) is 11.8 Å². The standard InChI is InChI=1S/C31H36N2O6/c1-36-26-16-14-24(28(22-26)38-3)10-5-7-12-30(34)32-18-9-19-33(21-20-32)31(35)13-8-6-11-25-15-17-27(37-2)23-29(25)39-4/h5-8,10-17,22-23H,9,18-21H2,1-4H3. The maximum absolute atomic E-state index is 12.7. The van der Waals surface area contributed by atoms with Crippen LogP contribution in [0.2, 0.25) is 0 Å². The molecule has 2 amide bonds. The summed E-state index contributed by atoms with van der Waals surface area (Å²) in [6.07, 6.45) is 14.6. The Hall–Kier alpha value is -4.46. The van der Waals surface area contributed by atoms with E-state index >= 15 is 0 Å². The molecule has 0 bridgehead atoms. The SMILES string of the molecule is COc1ccc(C=CC=CC(=O)N2CCCN(C(=O)C=CC=Cc3ccc(OC)cc3OC)CC2)c(OC)c1. The molecule has 1 aliphatic heterocycles. The zero-order valence-corrected chi connectivity index (χ0v) is 23.0. The second kappa shape index (κ2) is 15.1. The van der Waals surface area contributed by atoms with Gasteiger partial charge in [0.05, 0.1) is 28.4 Å². The van der Waals surface area contributed by atoms with Crippen molar-refractivity contribution < 1.29 is 28.5 Å². The van der Waals surface area contributed by atoms with Crippen molar-refractivity contribution in [1.82, 2.24) is 9.80 Å². The van der Waals surface area contributed by atoms with Gasteiger partial charge in [-0.1, -0.05) is 36.5 Å². The fraction of sp³-hybridized carbons (Fsp3) is 0.290. The number of ether oxygens (including phenoxy) is 4. The molecule has 206 valence electrons. The number of carbonyl (C=O) groups excluding carboxylic acids is 2. The molecule has 3 rings (SSSR count). The third-order valence-electron chi connectivity index (χ3n) is 6.25. The van der Waals surface area contributed by atoms with Gasteiger partial charge >= 0.3 is 0 Å². The molecule has 0 radical (unpaired) electrons. The summed E-state index contributed by atoms with van der Waals surface area (Å²) in [5, 5.41) is 0. The summed E-state index contributed by atoms with van der Waals surface area (Å²) < 4.78 is 21.2. The van der Waals surface area contributed by atoms with Crippen LogP contribution in [-0.4, -0.2) is 76.2 Å². The van der Waals surface area contributed by atoms with Crippen LogP contribution < -0.4 is 18.9 Å². The molecule has 39 heavy (non-hydrogen) atoms. The van der Waals surface area contributed by atoms with E-state index in [-0.39, 0.29) is 11.8 Å². The van der Waals surface area contributed by atoms with E-state index in [0.717, 1.165) is 17.5 Å². The molecule has 8 heteroatoms. The summed E-state index contributed by atoms with van der Waals surface area (Å²) in [4.78, 5) is 28.9. The van der Waals surface area contributed by atoms with Crippen molar-refractivity contribution in [2.24, 2.45) is 0 Å². The van der Waals surface area contributed by atoms with Crippen molar-refractivity contribution in [2.75, 3.05) is 54.6 Å². The van der Waals surface area contributed by atoms with Gasteiger partial charge in [-0.15, -0.1) is 0 Å². The number of nitrogens with zero attached hydrogens (tertiary/aromatic N) is 2. The number of carbonyl (C=O) groups is 2. The zero-order valence-electron chi connectivity index (χ0n) is 23.0. The second-order valence-corrected chi connectivity index (χ2v) is 8.66. The van der Waals surface area contributed by atoms with Crippen LogP contribution in [-0.2, 0) is 9.59 Å². The van der Waals surface area contributed by atoms with Crippen molar-refractivity contribution in [3.05, 3.63) is 84.0 Å². The molecule has 0 spiro atoms. The van der Waals surface area contributed by atoms with Crippen LogP contribution in [0.5, 0.6) is 23.0 Å². The maximum atomic E-state index is 12.7. The molecule has 0 saturated carbocycles. The van der Waals surface area contributed by atoms with Crippen LogP contribution in [0.3, 0.4) is 0 Å². The van der Waals surface area contributed by atoms with Gasteiger partial charge in [0.1, 0.15) is 23.0 Å². The molecular formula is C31H36N2O6. The molecule has 8 nitrogen and oxygen atoms in total. The molecule has 2 aromatic rings. The van der Waals surface area contributed by atoms with Crippen molar-refractivity contribution in [1.29, 1.82) is 0 Å². The van der Waals surface area contributed by atoms with Crippen LogP contribution in [0, 0.1) is 0 Å². The number of amides is 2. The van der Waals surface area contributed by atoms with Gasteiger partial charge in [-0.2, -0.15) is 0 Å². The van der Waals surface area contributed by atoms with E-state index < -0.39 is 0 Å². The lowest BCUT2D eigenvalue weighted by Gasteiger charge is -2.20. The van der Waals surface area contributed by atoms with E-state index in [1.54, 1.807) is 74.7 Å². The van der Waals surface area contributed by atoms with Gasteiger partial charge < -0.3 is 28.7 Å². The third-order valence-corrected chi connectivity index (χ3v) is 6.25. The highest BCUT2D eigenvalue weighted by molar-refractivity contribution is 5.89. The Morgan fingerprint density at radius 1 is 0.615 bits per heavy atom. The van der Waals surface area contributed by atoms with Crippen LogP contribution in [0.1, 0.15) is 17.5 Å². The van der Waals surface area contributed by atoms with Crippen LogP contribution in [0.15, 0.2) is 72.9 Å². The largest absolute Gasteiger partial charge is 0.497 e. The Bertz CT molecular complexity index is 1150. The number of methoxy groups -OCH3 is 4. The van der Waals surface area contributed by atoms with Crippen molar-refractivity contribution in [3.63, 3.8) is 0 Å². The lowest BCUT2D eigenvalue weighted by Crippen LogP contribution is -2.36. The molecular weight excluding hydrogens is 496 g/mol. The molecule has 1 aliphatic rings. The number of benzene rings is 2. The van der Waals surface area contributed by atoms with E-state index in [2.05, 4.69) is 0 Å². The predicted molar refractivity (Wildman–Crippen MR) is 153 cm³/mol. The molecule has 0 atom stereocenters. The summed E-state index contributed by atoms with van der Waals surface area (Å²) in [6.45, 7) is 2.17. The van der Waals surface area contributed by atoms with Crippen LogP contribution in [0.4, 0.5) is 0 Å². The summed E-state index contributed by atoms with van der Waals surface area (Å²) >= 11 is 0. The third kappa shape index (κ3) is 8.53. The molecule has 2 aromatic carbocycles. The maximum Gasteiger partial charge on any atom is 0.246 e. The van der Waals surface area contributed by atoms with Crippen molar-refractivity contribution in [2.45, 2.75) is 6.42 Å². The Kier molecular flexibility index (Phi) is 11.2. The highest BCUT2D eigenvalue weighted by atomic mass is 16.5. The molecule has 1 saturated heterocycles. The van der Waals surface area contributed by atoms with Gasteiger partial charge in [-0.05, 0) is 30.7 Å². The van der Waals surface area contributed by atoms with E-state index in [1.807, 2.05) is 48.6 Å². The smallest absolute Gasteiger partial charge is 0.246 e. The highest BCUT2D eigenvalue weighted by Gasteiger charge is 2.19. The summed E-state index contributed by atoms with van der Waals surface area (Å²) in [6, 6.07) is 11.1. The average molecular weight is 533 g/mol. The van der Waals surface area contributed by atoms with Gasteiger partial charge in [0, 0.05) is 61.6 Å². The Balaban J connectivity index is 1.50. The van der Waals surface area contributed by atoms with Crippen LogP contribution >= 0.6 is 0 Å². The first-order chi connectivity index (χ1) is 19.0. The number of hydrogen-bond acceptors (Lipinski definition) is 6. The average Bonchev–Trinajstić information content (AvgIpc) is 3.24. The molecule has 0 aliphatic carbocycles. The van der Waals surface area contributed by atoms with Gasteiger partial charge in [0.15, 0.2) is 0 Å². The first-order valence-corrected chi connectivity index (χ1v) is 12.7. The van der Waals surface area contributed by atoms with Gasteiger partial charge in [0.25, 0.3) is 0 Å². The highest BCUT2D eigenvalue weighted by Crippen LogP contribution is 2.26. The Morgan fingerprint density at radius 2 is 1.05 bits per heavy atom. The minimum atomic E-state index is -0.0810. The van der Waals surface area contributed by atoms with Crippen molar-refractivity contribution >= 4 is 24.0 Å². The number of rotatable bonds is 10. The van der Waals surface area contributed by atoms with E-state index in [0.29, 0.717) is 49.2 Å². The monoisotopic (exact) mass is 532 g/mol. The summed E-state index contributed by atoms with van der Waals surface area (Å²) in [5.74, 6) is 2.64. The van der Waals surface area contributed by atoms with Gasteiger partial charge in [-0.3, -0.25) is 9.59 Å². The summed E-state index contributed by atoms with van der Waals surface area (Å²) in [5.41, 5.74) is 1.76. The lowest BCUT2D eigenvalue weighted by molar-refractivity contribution is -0.128. The quantitative estimate of drug-likeness (QED) is 0.328. The van der Waals surface area contributed by atoms with Crippen molar-refractivity contribution in [3.8, 4) is 23.0 Å². The fourth-order valence-corrected chi connectivity index (χ4v) is 4.08. The zero-order chi connectivity index (χ0) is 28.0. The first-order valence-electron chi connectivity index (χ1n) is 12.7. The van der Waals surface area contributed by atoms with Gasteiger partial charge in [-0.25, -0.2) is 0 Å². The normalized spacial score (nSPS) is 14.4.